The number of unbranched alkanes of at least 4 members (excludes halogenated alkanes) is 8. The Morgan fingerprint density at radius 3 is 1.43 bits per heavy atom. The van der Waals surface area contributed by atoms with Gasteiger partial charge in [0, 0.05) is 12.8 Å². The quantitative estimate of drug-likeness (QED) is 0.310. The molecule has 0 aliphatic heterocycles. The van der Waals surface area contributed by atoms with Gasteiger partial charge in [0.25, 0.3) is 0 Å². The molecule has 0 fully saturated rings. The lowest BCUT2D eigenvalue weighted by Crippen LogP contribution is -2.05. The zero-order valence-corrected chi connectivity index (χ0v) is 18.8. The molecule has 0 radical (unpaired) electrons. The van der Waals surface area contributed by atoms with E-state index in [1.54, 1.807) is 0 Å². The van der Waals surface area contributed by atoms with Crippen molar-refractivity contribution >= 4 is 11.4 Å². The molecule has 2 nitrogen and oxygen atoms in total. The molecule has 1 aromatic carbocycles. The van der Waals surface area contributed by atoms with Gasteiger partial charge in [0.2, 0.25) is 0 Å². The Morgan fingerprint density at radius 1 is 0.567 bits per heavy atom. The molecule has 0 aromatic heterocycles. The molecule has 1 rings (SSSR count). The molecule has 2 heteroatoms. The average molecular weight is 401 g/mol. The summed E-state index contributed by atoms with van der Waals surface area (Å²) in [5.41, 5.74) is 2.03. The fourth-order valence-electron chi connectivity index (χ4n) is 2.74. The summed E-state index contributed by atoms with van der Waals surface area (Å²) in [5, 5.41) is 6.68. The van der Waals surface area contributed by atoms with Gasteiger partial charge in [-0.15, -0.1) is 0 Å². The van der Waals surface area contributed by atoms with E-state index < -0.39 is 0 Å². The highest BCUT2D eigenvalue weighted by atomic mass is 14.9. The van der Waals surface area contributed by atoms with Crippen LogP contribution < -0.4 is 10.6 Å². The minimum atomic E-state index is 0.568. The minimum absolute atomic E-state index is 0.568. The number of anilines is 2. The zero-order valence-electron chi connectivity index (χ0n) is 18.8. The molecule has 0 aliphatic carbocycles. The van der Waals surface area contributed by atoms with E-state index in [0.717, 1.165) is 24.2 Å². The second kappa shape index (κ2) is 19.4. The van der Waals surface area contributed by atoms with E-state index in [1.807, 2.05) is 24.3 Å². The van der Waals surface area contributed by atoms with Crippen molar-refractivity contribution in [3.8, 4) is 47.4 Å². The highest BCUT2D eigenvalue weighted by Crippen LogP contribution is 2.19. The summed E-state index contributed by atoms with van der Waals surface area (Å²) in [7, 11) is 0. The summed E-state index contributed by atoms with van der Waals surface area (Å²) in [6, 6.07) is 8.08. The van der Waals surface area contributed by atoms with E-state index in [-0.39, 0.29) is 0 Å². The van der Waals surface area contributed by atoms with Crippen molar-refractivity contribution < 1.29 is 0 Å². The molecule has 2 N–H and O–H groups in total. The van der Waals surface area contributed by atoms with Crippen LogP contribution in [0.15, 0.2) is 24.3 Å². The van der Waals surface area contributed by atoms with Gasteiger partial charge < -0.3 is 10.6 Å². The largest absolute Gasteiger partial charge is 0.372 e. The molecule has 1 aromatic rings. The van der Waals surface area contributed by atoms with Crippen LogP contribution in [0.2, 0.25) is 0 Å². The second-order valence-corrected chi connectivity index (χ2v) is 7.08. The molecule has 0 saturated heterocycles. The molecule has 0 unspecified atom stereocenters. The van der Waals surface area contributed by atoms with Crippen molar-refractivity contribution in [2.45, 2.75) is 78.1 Å². The summed E-state index contributed by atoms with van der Waals surface area (Å²) in [4.78, 5) is 0. The zero-order chi connectivity index (χ0) is 21.5. The molecule has 0 saturated carbocycles. The van der Waals surface area contributed by atoms with Crippen LogP contribution in [0.4, 0.5) is 11.4 Å². The van der Waals surface area contributed by atoms with Gasteiger partial charge in [-0.05, 0) is 48.7 Å². The lowest BCUT2D eigenvalue weighted by Gasteiger charge is -2.10. The third-order valence-electron chi connectivity index (χ3n) is 4.45. The normalized spacial score (nSPS) is 8.87. The number of benzene rings is 1. The molecule has 0 atom stereocenters. The standard InChI is InChI=1S/C28H36N2/c1-3-5-7-9-11-13-15-17-21-25-29-27-23-19-20-24-28(27)30-26-22-18-16-14-12-10-8-6-4-2/h19-20,23-24,29-30H,3-12,25-26H2,1-2H3. The predicted octanol–water partition coefficient (Wildman–Crippen LogP) is 6.46. The third-order valence-corrected chi connectivity index (χ3v) is 4.45. The molecule has 0 heterocycles. The fourth-order valence-corrected chi connectivity index (χ4v) is 2.74. The fraction of sp³-hybridized carbons (Fsp3) is 0.500. The van der Waals surface area contributed by atoms with Crippen LogP contribution in [0, 0.1) is 47.4 Å². The van der Waals surface area contributed by atoms with E-state index in [0.29, 0.717) is 13.1 Å². The summed E-state index contributed by atoms with van der Waals surface area (Å²) >= 11 is 0. The Kier molecular flexibility index (Phi) is 16.2. The van der Waals surface area contributed by atoms with Crippen molar-refractivity contribution in [2.24, 2.45) is 0 Å². The van der Waals surface area contributed by atoms with Crippen molar-refractivity contribution in [1.82, 2.24) is 0 Å². The predicted molar refractivity (Wildman–Crippen MR) is 132 cm³/mol. The first kappa shape index (κ1) is 25.1. The van der Waals surface area contributed by atoms with E-state index in [9.17, 15) is 0 Å². The van der Waals surface area contributed by atoms with Crippen LogP contribution in [0.3, 0.4) is 0 Å². The lowest BCUT2D eigenvalue weighted by atomic mass is 10.2. The average Bonchev–Trinajstić information content (AvgIpc) is 2.77. The molecular formula is C28H36N2. The lowest BCUT2D eigenvalue weighted by molar-refractivity contribution is 0.680. The third kappa shape index (κ3) is 14.1. The van der Waals surface area contributed by atoms with Gasteiger partial charge in [0.15, 0.2) is 0 Å². The second-order valence-electron chi connectivity index (χ2n) is 7.08. The van der Waals surface area contributed by atoms with Gasteiger partial charge in [0.05, 0.1) is 24.5 Å². The van der Waals surface area contributed by atoms with E-state index in [4.69, 9.17) is 0 Å². The van der Waals surface area contributed by atoms with Crippen molar-refractivity contribution in [1.29, 1.82) is 0 Å². The first-order valence-corrected chi connectivity index (χ1v) is 11.4. The maximum absolute atomic E-state index is 3.34. The first-order valence-electron chi connectivity index (χ1n) is 11.4. The van der Waals surface area contributed by atoms with E-state index in [2.05, 4.69) is 71.8 Å². The highest BCUT2D eigenvalue weighted by Gasteiger charge is 1.98. The monoisotopic (exact) mass is 400 g/mol. The number of hydrogen-bond donors (Lipinski definition) is 2. The minimum Gasteiger partial charge on any atom is -0.372 e. The van der Waals surface area contributed by atoms with Crippen LogP contribution in [-0.2, 0) is 0 Å². The molecule has 0 spiro atoms. The highest BCUT2D eigenvalue weighted by molar-refractivity contribution is 5.69. The molecular weight excluding hydrogens is 364 g/mol. The number of para-hydroxylation sites is 2. The number of nitrogens with one attached hydrogen (secondary N) is 2. The Labute approximate surface area is 185 Å². The Hall–Kier alpha value is -2.94. The molecule has 30 heavy (non-hydrogen) atoms. The van der Waals surface area contributed by atoms with Gasteiger partial charge in [-0.1, -0.05) is 88.2 Å². The van der Waals surface area contributed by atoms with Gasteiger partial charge in [-0.2, -0.15) is 0 Å². The molecule has 0 amide bonds. The Bertz CT molecular complexity index is 751. The van der Waals surface area contributed by atoms with Crippen molar-refractivity contribution in [3.63, 3.8) is 0 Å². The maximum atomic E-state index is 3.34. The van der Waals surface area contributed by atoms with Gasteiger partial charge in [0.1, 0.15) is 0 Å². The molecule has 158 valence electrons. The van der Waals surface area contributed by atoms with Crippen LogP contribution >= 0.6 is 0 Å². The first-order chi connectivity index (χ1) is 14.9. The van der Waals surface area contributed by atoms with Crippen LogP contribution in [0.25, 0.3) is 0 Å². The Morgan fingerprint density at radius 2 is 1.00 bits per heavy atom. The van der Waals surface area contributed by atoms with Gasteiger partial charge in [-0.25, -0.2) is 0 Å². The van der Waals surface area contributed by atoms with Crippen molar-refractivity contribution in [3.05, 3.63) is 24.3 Å². The van der Waals surface area contributed by atoms with Crippen molar-refractivity contribution in [2.75, 3.05) is 23.7 Å². The Balaban J connectivity index is 2.32. The maximum Gasteiger partial charge on any atom is 0.0776 e. The van der Waals surface area contributed by atoms with Crippen LogP contribution in [0.5, 0.6) is 0 Å². The van der Waals surface area contributed by atoms with Gasteiger partial charge >= 0.3 is 0 Å². The van der Waals surface area contributed by atoms with E-state index in [1.165, 1.54) is 51.4 Å². The number of rotatable bonds is 12. The summed E-state index contributed by atoms with van der Waals surface area (Å²) < 4.78 is 0. The smallest absolute Gasteiger partial charge is 0.0776 e. The van der Waals surface area contributed by atoms with Crippen LogP contribution in [-0.4, -0.2) is 13.1 Å². The summed E-state index contributed by atoms with van der Waals surface area (Å²) in [6.07, 6.45) is 11.9. The van der Waals surface area contributed by atoms with Crippen LogP contribution in [0.1, 0.15) is 78.1 Å². The molecule has 0 bridgehead atoms. The summed E-state index contributed by atoms with van der Waals surface area (Å²) in [5.74, 6) is 24.1. The number of hydrogen-bond acceptors (Lipinski definition) is 2. The summed E-state index contributed by atoms with van der Waals surface area (Å²) in [6.45, 7) is 5.57. The topological polar surface area (TPSA) is 24.1 Å². The SMILES string of the molecule is CCCCCCC#CC#CCNc1ccccc1NCC#CC#CCCCCCC. The molecule has 0 aliphatic rings. The van der Waals surface area contributed by atoms with E-state index >= 15 is 0 Å². The van der Waals surface area contributed by atoms with Gasteiger partial charge in [-0.3, -0.25) is 0 Å².